The van der Waals surface area contributed by atoms with Crippen molar-refractivity contribution in [3.05, 3.63) is 34.8 Å². The summed E-state index contributed by atoms with van der Waals surface area (Å²) in [4.78, 5) is 12.5. The van der Waals surface area contributed by atoms with Crippen LogP contribution in [0.25, 0.3) is 0 Å². The Hall–Kier alpha value is -1.88. The molecule has 1 N–H and O–H groups in total. The van der Waals surface area contributed by atoms with E-state index < -0.39 is 10.0 Å². The number of morpholine rings is 1. The monoisotopic (exact) mass is 396 g/mol. The van der Waals surface area contributed by atoms with Gasteiger partial charge in [0.15, 0.2) is 0 Å². The van der Waals surface area contributed by atoms with Crippen LogP contribution in [0.4, 0.5) is 5.13 Å². The van der Waals surface area contributed by atoms with Crippen molar-refractivity contribution in [3.63, 3.8) is 0 Å². The molecular weight excluding hydrogens is 376 g/mol. The highest BCUT2D eigenvalue weighted by atomic mass is 32.2. The van der Waals surface area contributed by atoms with Crippen LogP contribution in [0.1, 0.15) is 28.7 Å². The first-order valence-corrected chi connectivity index (χ1v) is 10.6. The molecule has 1 aromatic carbocycles. The van der Waals surface area contributed by atoms with E-state index in [-0.39, 0.29) is 10.8 Å². The van der Waals surface area contributed by atoms with Crippen LogP contribution in [0, 0.1) is 0 Å². The van der Waals surface area contributed by atoms with Gasteiger partial charge in [0.05, 0.1) is 18.1 Å². The predicted molar refractivity (Wildman–Crippen MR) is 97.9 cm³/mol. The number of amides is 1. The van der Waals surface area contributed by atoms with Crippen LogP contribution in [0.5, 0.6) is 0 Å². The van der Waals surface area contributed by atoms with Gasteiger partial charge < -0.3 is 4.74 Å². The first-order chi connectivity index (χ1) is 12.5. The number of aromatic nitrogens is 2. The molecule has 0 aliphatic carbocycles. The number of benzene rings is 1. The number of ether oxygens (including phenoxy) is 1. The first-order valence-electron chi connectivity index (χ1n) is 8.32. The van der Waals surface area contributed by atoms with Gasteiger partial charge in [-0.3, -0.25) is 10.1 Å². The molecule has 1 aromatic heterocycles. The standard InChI is InChI=1S/C16H20N4O4S2/c1-2-3-14-18-19-16(25-14)17-15(21)12-4-6-13(7-5-12)26(22,23)20-8-10-24-11-9-20/h4-7H,2-3,8-11H2,1H3,(H,17,19,21). The molecule has 140 valence electrons. The molecule has 0 unspecified atom stereocenters. The summed E-state index contributed by atoms with van der Waals surface area (Å²) in [7, 11) is -3.57. The van der Waals surface area contributed by atoms with Crippen molar-refractivity contribution in [2.45, 2.75) is 24.7 Å². The number of hydrogen-bond acceptors (Lipinski definition) is 7. The van der Waals surface area contributed by atoms with Gasteiger partial charge in [-0.1, -0.05) is 18.3 Å². The smallest absolute Gasteiger partial charge is 0.257 e. The van der Waals surface area contributed by atoms with E-state index >= 15 is 0 Å². The number of anilines is 1. The minimum atomic E-state index is -3.57. The van der Waals surface area contributed by atoms with E-state index in [4.69, 9.17) is 4.74 Å². The highest BCUT2D eigenvalue weighted by Gasteiger charge is 2.26. The Kier molecular flexibility index (Phi) is 5.97. The predicted octanol–water partition coefficient (Wildman–Crippen LogP) is 1.76. The molecular formula is C16H20N4O4S2. The average Bonchev–Trinajstić information content (AvgIpc) is 3.10. The second-order valence-electron chi connectivity index (χ2n) is 5.75. The maximum absolute atomic E-state index is 12.6. The number of carbonyl (C=O) groups is 1. The molecule has 10 heteroatoms. The van der Waals surface area contributed by atoms with Crippen molar-refractivity contribution < 1.29 is 17.9 Å². The number of sulfonamides is 1. The Morgan fingerprint density at radius 3 is 2.58 bits per heavy atom. The van der Waals surface area contributed by atoms with Crippen LogP contribution in [0.3, 0.4) is 0 Å². The molecule has 26 heavy (non-hydrogen) atoms. The van der Waals surface area contributed by atoms with E-state index in [1.807, 2.05) is 6.92 Å². The molecule has 1 amide bonds. The van der Waals surface area contributed by atoms with Crippen molar-refractivity contribution >= 4 is 32.4 Å². The number of carbonyl (C=O) groups excluding carboxylic acids is 1. The first kappa shape index (κ1) is 18.9. The lowest BCUT2D eigenvalue weighted by Gasteiger charge is -2.26. The maximum atomic E-state index is 12.6. The van der Waals surface area contributed by atoms with Crippen LogP contribution < -0.4 is 5.32 Å². The van der Waals surface area contributed by atoms with E-state index in [2.05, 4.69) is 15.5 Å². The Balaban J connectivity index is 1.69. The number of aryl methyl sites for hydroxylation is 1. The summed E-state index contributed by atoms with van der Waals surface area (Å²) >= 11 is 1.34. The molecule has 8 nitrogen and oxygen atoms in total. The van der Waals surface area contributed by atoms with Gasteiger partial charge in [0.1, 0.15) is 5.01 Å². The van der Waals surface area contributed by atoms with Gasteiger partial charge in [0.2, 0.25) is 15.2 Å². The Morgan fingerprint density at radius 1 is 1.23 bits per heavy atom. The fourth-order valence-electron chi connectivity index (χ4n) is 2.50. The normalized spacial score (nSPS) is 15.7. The summed E-state index contributed by atoms with van der Waals surface area (Å²) in [5.74, 6) is -0.348. The average molecular weight is 396 g/mol. The molecule has 0 radical (unpaired) electrons. The number of hydrogen-bond donors (Lipinski definition) is 1. The Bertz CT molecular complexity index is 859. The van der Waals surface area contributed by atoms with Crippen LogP contribution in [-0.4, -0.2) is 55.1 Å². The van der Waals surface area contributed by atoms with Gasteiger partial charge in [-0.15, -0.1) is 10.2 Å². The molecule has 2 aromatic rings. The van der Waals surface area contributed by atoms with Gasteiger partial charge >= 0.3 is 0 Å². The third-order valence-electron chi connectivity index (χ3n) is 3.88. The van der Waals surface area contributed by atoms with Crippen molar-refractivity contribution in [1.82, 2.24) is 14.5 Å². The molecule has 0 saturated carbocycles. The lowest BCUT2D eigenvalue weighted by Crippen LogP contribution is -2.40. The molecule has 1 saturated heterocycles. The van der Waals surface area contributed by atoms with Gasteiger partial charge in [-0.05, 0) is 30.7 Å². The van der Waals surface area contributed by atoms with E-state index in [9.17, 15) is 13.2 Å². The topological polar surface area (TPSA) is 101 Å². The number of nitrogens with zero attached hydrogens (tertiary/aromatic N) is 3. The number of nitrogens with one attached hydrogen (secondary N) is 1. The summed E-state index contributed by atoms with van der Waals surface area (Å²) in [5, 5.41) is 11.9. The van der Waals surface area contributed by atoms with Gasteiger partial charge in [-0.25, -0.2) is 8.42 Å². The largest absolute Gasteiger partial charge is 0.379 e. The van der Waals surface area contributed by atoms with E-state index in [0.29, 0.717) is 37.0 Å². The Morgan fingerprint density at radius 2 is 1.92 bits per heavy atom. The summed E-state index contributed by atoms with van der Waals surface area (Å²) in [6.45, 7) is 3.50. The SMILES string of the molecule is CCCc1nnc(NC(=O)c2ccc(S(=O)(=O)N3CCOCC3)cc2)s1. The van der Waals surface area contributed by atoms with E-state index in [0.717, 1.165) is 17.8 Å². The van der Waals surface area contributed by atoms with Crippen molar-refractivity contribution in [1.29, 1.82) is 0 Å². The van der Waals surface area contributed by atoms with Crippen LogP contribution in [0.2, 0.25) is 0 Å². The van der Waals surface area contributed by atoms with Crippen LogP contribution in [0.15, 0.2) is 29.2 Å². The van der Waals surface area contributed by atoms with Gasteiger partial charge in [-0.2, -0.15) is 4.31 Å². The van der Waals surface area contributed by atoms with Gasteiger partial charge in [0.25, 0.3) is 5.91 Å². The molecule has 1 fully saturated rings. The summed E-state index contributed by atoms with van der Waals surface area (Å²) in [6, 6.07) is 5.89. The van der Waals surface area contributed by atoms with Crippen LogP contribution >= 0.6 is 11.3 Å². The van der Waals surface area contributed by atoms with Crippen molar-refractivity contribution in [2.75, 3.05) is 31.6 Å². The number of rotatable bonds is 6. The highest BCUT2D eigenvalue weighted by Crippen LogP contribution is 2.20. The summed E-state index contributed by atoms with van der Waals surface area (Å²) in [5.41, 5.74) is 0.359. The summed E-state index contributed by atoms with van der Waals surface area (Å²) < 4.78 is 31.7. The molecule has 2 heterocycles. The quantitative estimate of drug-likeness (QED) is 0.798. The van der Waals surface area contributed by atoms with E-state index in [1.165, 1.54) is 39.9 Å². The van der Waals surface area contributed by atoms with Crippen molar-refractivity contribution in [2.24, 2.45) is 0 Å². The lowest BCUT2D eigenvalue weighted by atomic mass is 10.2. The fraction of sp³-hybridized carbons (Fsp3) is 0.438. The molecule has 0 spiro atoms. The Labute approximate surface area is 156 Å². The molecule has 1 aliphatic heterocycles. The zero-order valence-electron chi connectivity index (χ0n) is 14.3. The third kappa shape index (κ3) is 4.26. The highest BCUT2D eigenvalue weighted by molar-refractivity contribution is 7.89. The lowest BCUT2D eigenvalue weighted by molar-refractivity contribution is 0.0730. The van der Waals surface area contributed by atoms with Crippen molar-refractivity contribution in [3.8, 4) is 0 Å². The molecule has 0 atom stereocenters. The fourth-order valence-corrected chi connectivity index (χ4v) is 4.75. The molecule has 1 aliphatic rings. The van der Waals surface area contributed by atoms with E-state index in [1.54, 1.807) is 0 Å². The molecule has 0 bridgehead atoms. The van der Waals surface area contributed by atoms with Gasteiger partial charge in [0, 0.05) is 25.1 Å². The maximum Gasteiger partial charge on any atom is 0.257 e. The second kappa shape index (κ2) is 8.21. The third-order valence-corrected chi connectivity index (χ3v) is 6.69. The molecule has 3 rings (SSSR count). The summed E-state index contributed by atoms with van der Waals surface area (Å²) in [6.07, 6.45) is 1.78. The minimum absolute atomic E-state index is 0.164. The minimum Gasteiger partial charge on any atom is -0.379 e. The zero-order chi connectivity index (χ0) is 18.6. The second-order valence-corrected chi connectivity index (χ2v) is 8.75. The zero-order valence-corrected chi connectivity index (χ0v) is 16.0. The van der Waals surface area contributed by atoms with Crippen LogP contribution in [-0.2, 0) is 21.2 Å².